The molecule has 0 amide bonds. The van der Waals surface area contributed by atoms with Gasteiger partial charge >= 0.3 is 0 Å². The van der Waals surface area contributed by atoms with Gasteiger partial charge in [0.05, 0.1) is 19.9 Å². The molecule has 0 saturated carbocycles. The number of aryl methyl sites for hydroxylation is 2. The molecule has 1 aromatic carbocycles. The van der Waals surface area contributed by atoms with Crippen LogP contribution in [0.3, 0.4) is 0 Å². The Kier molecular flexibility index (Phi) is 4.14. The molecule has 0 saturated heterocycles. The number of hydrogen-bond acceptors (Lipinski definition) is 3. The molecule has 1 N–H and O–H groups in total. The SMILES string of the molecule is COc1cc(Cc2[nH]c(C)nc2Br)c(OC)cc1C. The van der Waals surface area contributed by atoms with Crippen molar-refractivity contribution < 1.29 is 9.47 Å². The zero-order valence-electron chi connectivity index (χ0n) is 11.5. The third kappa shape index (κ3) is 2.92. The topological polar surface area (TPSA) is 47.1 Å². The highest BCUT2D eigenvalue weighted by Crippen LogP contribution is 2.30. The number of hydrogen-bond donors (Lipinski definition) is 1. The van der Waals surface area contributed by atoms with Gasteiger partial charge in [0.25, 0.3) is 0 Å². The highest BCUT2D eigenvalue weighted by molar-refractivity contribution is 9.10. The molecule has 0 radical (unpaired) electrons. The monoisotopic (exact) mass is 324 g/mol. The number of imidazole rings is 1. The lowest BCUT2D eigenvalue weighted by atomic mass is 10.1. The molecule has 5 heteroatoms. The van der Waals surface area contributed by atoms with Gasteiger partial charge in [0.15, 0.2) is 0 Å². The zero-order valence-corrected chi connectivity index (χ0v) is 13.1. The predicted molar refractivity (Wildman–Crippen MR) is 78.1 cm³/mol. The maximum absolute atomic E-state index is 5.44. The average molecular weight is 325 g/mol. The average Bonchev–Trinajstić information content (AvgIpc) is 2.69. The number of aromatic nitrogens is 2. The van der Waals surface area contributed by atoms with Gasteiger partial charge in [-0.1, -0.05) is 0 Å². The highest BCUT2D eigenvalue weighted by Gasteiger charge is 2.12. The Labute approximate surface area is 121 Å². The van der Waals surface area contributed by atoms with Gasteiger partial charge in [0, 0.05) is 12.0 Å². The lowest BCUT2D eigenvalue weighted by molar-refractivity contribution is 0.397. The van der Waals surface area contributed by atoms with Gasteiger partial charge < -0.3 is 14.5 Å². The Morgan fingerprint density at radius 3 is 2.37 bits per heavy atom. The van der Waals surface area contributed by atoms with Crippen LogP contribution < -0.4 is 9.47 Å². The fourth-order valence-corrected chi connectivity index (χ4v) is 2.58. The number of ether oxygens (including phenoxy) is 2. The van der Waals surface area contributed by atoms with Gasteiger partial charge in [-0.3, -0.25) is 0 Å². The summed E-state index contributed by atoms with van der Waals surface area (Å²) >= 11 is 3.46. The van der Waals surface area contributed by atoms with Crippen molar-refractivity contribution in [2.75, 3.05) is 14.2 Å². The molecule has 0 aliphatic carbocycles. The normalized spacial score (nSPS) is 10.6. The van der Waals surface area contributed by atoms with Crippen LogP contribution in [-0.2, 0) is 6.42 Å². The van der Waals surface area contributed by atoms with Gasteiger partial charge in [-0.2, -0.15) is 0 Å². The summed E-state index contributed by atoms with van der Waals surface area (Å²) < 4.78 is 11.6. The number of nitrogens with one attached hydrogen (secondary N) is 1. The van der Waals surface area contributed by atoms with E-state index in [-0.39, 0.29) is 0 Å². The van der Waals surface area contributed by atoms with Crippen molar-refractivity contribution in [2.45, 2.75) is 20.3 Å². The minimum atomic E-state index is 0.710. The van der Waals surface area contributed by atoms with E-state index in [9.17, 15) is 0 Å². The van der Waals surface area contributed by atoms with E-state index in [0.29, 0.717) is 6.42 Å². The first kappa shape index (κ1) is 13.9. The Morgan fingerprint density at radius 2 is 1.84 bits per heavy atom. The summed E-state index contributed by atoms with van der Waals surface area (Å²) in [4.78, 5) is 7.55. The molecule has 4 nitrogen and oxygen atoms in total. The standard InChI is InChI=1S/C14H17BrN2O2/c1-8-5-13(19-4)10(7-12(8)18-3)6-11-14(15)17-9(2)16-11/h5,7H,6H2,1-4H3,(H,16,17). The van der Waals surface area contributed by atoms with E-state index in [1.165, 1.54) is 0 Å². The summed E-state index contributed by atoms with van der Waals surface area (Å²) in [6.07, 6.45) is 0.710. The molecule has 2 aromatic rings. The molecule has 0 atom stereocenters. The maximum Gasteiger partial charge on any atom is 0.127 e. The summed E-state index contributed by atoms with van der Waals surface area (Å²) in [6.45, 7) is 3.93. The van der Waals surface area contributed by atoms with E-state index in [1.807, 2.05) is 26.0 Å². The number of halogens is 1. The van der Waals surface area contributed by atoms with Crippen molar-refractivity contribution in [3.63, 3.8) is 0 Å². The maximum atomic E-state index is 5.44. The van der Waals surface area contributed by atoms with E-state index in [2.05, 4.69) is 25.9 Å². The molecule has 0 bridgehead atoms. The number of H-pyrrole nitrogens is 1. The van der Waals surface area contributed by atoms with Gasteiger partial charge in [-0.05, 0) is 47.5 Å². The van der Waals surface area contributed by atoms with Crippen LogP contribution in [0, 0.1) is 13.8 Å². The molecule has 0 spiro atoms. The summed E-state index contributed by atoms with van der Waals surface area (Å²) in [5.41, 5.74) is 3.15. The van der Waals surface area contributed by atoms with E-state index in [0.717, 1.165) is 38.7 Å². The second-order valence-electron chi connectivity index (χ2n) is 4.40. The number of nitrogens with zero attached hydrogens (tertiary/aromatic N) is 1. The Bertz CT molecular complexity index is 593. The van der Waals surface area contributed by atoms with Crippen molar-refractivity contribution in [1.82, 2.24) is 9.97 Å². The number of aromatic amines is 1. The molecular formula is C14H17BrN2O2. The van der Waals surface area contributed by atoms with Crippen LogP contribution in [0.4, 0.5) is 0 Å². The quantitative estimate of drug-likeness (QED) is 0.937. The van der Waals surface area contributed by atoms with Crippen molar-refractivity contribution in [2.24, 2.45) is 0 Å². The lowest BCUT2D eigenvalue weighted by Gasteiger charge is -2.12. The molecule has 1 aromatic heterocycles. The largest absolute Gasteiger partial charge is 0.496 e. The fraction of sp³-hybridized carbons (Fsp3) is 0.357. The summed E-state index contributed by atoms with van der Waals surface area (Å²) in [5, 5.41) is 0. The molecule has 2 rings (SSSR count). The van der Waals surface area contributed by atoms with Crippen LogP contribution in [0.1, 0.15) is 22.6 Å². The summed E-state index contributed by atoms with van der Waals surface area (Å²) in [6, 6.07) is 4.00. The smallest absolute Gasteiger partial charge is 0.127 e. The third-order valence-electron chi connectivity index (χ3n) is 3.01. The second-order valence-corrected chi connectivity index (χ2v) is 5.15. The first-order valence-electron chi connectivity index (χ1n) is 5.97. The van der Waals surface area contributed by atoms with Gasteiger partial charge in [0.1, 0.15) is 21.9 Å². The predicted octanol–water partition coefficient (Wildman–Crippen LogP) is 3.40. The van der Waals surface area contributed by atoms with Crippen LogP contribution in [-0.4, -0.2) is 24.2 Å². The van der Waals surface area contributed by atoms with Crippen LogP contribution in [0.5, 0.6) is 11.5 Å². The van der Waals surface area contributed by atoms with Gasteiger partial charge in [-0.15, -0.1) is 0 Å². The van der Waals surface area contributed by atoms with E-state index in [1.54, 1.807) is 14.2 Å². The summed E-state index contributed by atoms with van der Waals surface area (Å²) in [7, 11) is 3.35. The first-order valence-corrected chi connectivity index (χ1v) is 6.77. The fourth-order valence-electron chi connectivity index (χ4n) is 2.07. The van der Waals surface area contributed by atoms with Crippen LogP contribution >= 0.6 is 15.9 Å². The Balaban J connectivity index is 2.40. The van der Waals surface area contributed by atoms with Gasteiger partial charge in [0.2, 0.25) is 0 Å². The van der Waals surface area contributed by atoms with E-state index in [4.69, 9.17) is 9.47 Å². The first-order chi connectivity index (χ1) is 9.05. The number of rotatable bonds is 4. The molecule has 1 heterocycles. The summed E-state index contributed by atoms with van der Waals surface area (Å²) in [5.74, 6) is 2.61. The van der Waals surface area contributed by atoms with Crippen molar-refractivity contribution in [3.8, 4) is 11.5 Å². The van der Waals surface area contributed by atoms with Crippen LogP contribution in [0.2, 0.25) is 0 Å². The van der Waals surface area contributed by atoms with E-state index >= 15 is 0 Å². The van der Waals surface area contributed by atoms with Crippen molar-refractivity contribution in [3.05, 3.63) is 39.4 Å². The lowest BCUT2D eigenvalue weighted by Crippen LogP contribution is -1.98. The zero-order chi connectivity index (χ0) is 14.0. The Morgan fingerprint density at radius 1 is 1.16 bits per heavy atom. The van der Waals surface area contributed by atoms with Gasteiger partial charge in [-0.25, -0.2) is 4.98 Å². The second kappa shape index (κ2) is 5.65. The Hall–Kier alpha value is -1.49. The van der Waals surface area contributed by atoms with Crippen molar-refractivity contribution >= 4 is 15.9 Å². The molecule has 0 aliphatic rings. The number of methoxy groups -OCH3 is 2. The third-order valence-corrected chi connectivity index (χ3v) is 3.67. The highest BCUT2D eigenvalue weighted by atomic mass is 79.9. The molecule has 102 valence electrons. The minimum absolute atomic E-state index is 0.710. The molecule has 0 fully saturated rings. The molecule has 0 aliphatic heterocycles. The molecular weight excluding hydrogens is 308 g/mol. The van der Waals surface area contributed by atoms with Crippen molar-refractivity contribution in [1.29, 1.82) is 0 Å². The molecule has 0 unspecified atom stereocenters. The van der Waals surface area contributed by atoms with E-state index < -0.39 is 0 Å². The minimum Gasteiger partial charge on any atom is -0.496 e. The number of benzene rings is 1. The van der Waals surface area contributed by atoms with Crippen LogP contribution in [0.25, 0.3) is 0 Å². The van der Waals surface area contributed by atoms with Crippen LogP contribution in [0.15, 0.2) is 16.7 Å². The molecule has 19 heavy (non-hydrogen) atoms.